The van der Waals surface area contributed by atoms with Crippen molar-refractivity contribution in [2.24, 2.45) is 0 Å². The average Bonchev–Trinajstić information content (AvgIpc) is 3.59. The van der Waals surface area contributed by atoms with Crippen molar-refractivity contribution in [2.75, 3.05) is 0 Å². The molecule has 4 aliphatic rings. The van der Waals surface area contributed by atoms with Crippen LogP contribution in [0.1, 0.15) is 98.7 Å². The first-order valence-electron chi connectivity index (χ1n) is 17.5. The SMILES string of the molecule is [C-]#[N+]c1cc2c(c3ccccc13)-c1cc3c(cc1C2(C)C)-c1cc2c(cc1C31CCCCC1)-c1c(cc(C#N)c3ccccc13)C2(C)C. The second kappa shape index (κ2) is 9.04. The van der Waals surface area contributed by atoms with Crippen LogP contribution in [0.15, 0.2) is 84.9 Å². The Balaban J connectivity index is 1.28. The summed E-state index contributed by atoms with van der Waals surface area (Å²) in [5.74, 6) is 0. The van der Waals surface area contributed by atoms with Crippen LogP contribution in [0.5, 0.6) is 0 Å². The fraction of sp³-hybridized carbons (Fsp3) is 0.261. The summed E-state index contributed by atoms with van der Waals surface area (Å²) in [6.07, 6.45) is 6.11. The van der Waals surface area contributed by atoms with Crippen LogP contribution >= 0.6 is 0 Å². The summed E-state index contributed by atoms with van der Waals surface area (Å²) in [6, 6.07) is 34.1. The van der Waals surface area contributed by atoms with E-state index in [4.69, 9.17) is 6.57 Å². The van der Waals surface area contributed by atoms with Crippen molar-refractivity contribution in [1.82, 2.24) is 0 Å². The van der Waals surface area contributed by atoms with Crippen molar-refractivity contribution in [3.05, 3.63) is 135 Å². The van der Waals surface area contributed by atoms with Gasteiger partial charge in [0.05, 0.1) is 18.2 Å². The van der Waals surface area contributed by atoms with Gasteiger partial charge >= 0.3 is 0 Å². The summed E-state index contributed by atoms with van der Waals surface area (Å²) in [7, 11) is 0. The lowest BCUT2D eigenvalue weighted by Crippen LogP contribution is -2.28. The zero-order valence-corrected chi connectivity index (χ0v) is 28.0. The van der Waals surface area contributed by atoms with E-state index in [1.54, 1.807) is 0 Å². The monoisotopic (exact) mass is 616 g/mol. The minimum Gasteiger partial charge on any atom is -0.238 e. The quantitative estimate of drug-likeness (QED) is 0.156. The molecule has 0 aliphatic heterocycles. The van der Waals surface area contributed by atoms with Crippen LogP contribution in [0.3, 0.4) is 0 Å². The topological polar surface area (TPSA) is 28.1 Å². The molecule has 0 heterocycles. The molecule has 0 saturated heterocycles. The Morgan fingerprint density at radius 2 is 1.04 bits per heavy atom. The molecule has 6 aromatic rings. The van der Waals surface area contributed by atoms with E-state index in [0.29, 0.717) is 0 Å². The van der Waals surface area contributed by atoms with E-state index in [-0.39, 0.29) is 16.2 Å². The molecular formula is C46H36N2. The van der Waals surface area contributed by atoms with E-state index in [0.717, 1.165) is 22.0 Å². The summed E-state index contributed by atoms with van der Waals surface area (Å²) < 4.78 is 0. The zero-order valence-electron chi connectivity index (χ0n) is 28.0. The van der Waals surface area contributed by atoms with Crippen LogP contribution in [-0.2, 0) is 16.2 Å². The van der Waals surface area contributed by atoms with E-state index in [1.165, 1.54) is 110 Å². The molecule has 2 nitrogen and oxygen atoms in total. The first-order chi connectivity index (χ1) is 23.2. The van der Waals surface area contributed by atoms with Crippen LogP contribution in [0, 0.1) is 17.9 Å². The van der Waals surface area contributed by atoms with Gasteiger partial charge in [0.2, 0.25) is 0 Å². The van der Waals surface area contributed by atoms with Crippen LogP contribution in [0.25, 0.3) is 59.8 Å². The summed E-state index contributed by atoms with van der Waals surface area (Å²) >= 11 is 0. The largest absolute Gasteiger partial charge is 0.238 e. The molecule has 1 spiro atoms. The number of fused-ring (bicyclic) bond motifs is 15. The highest BCUT2D eigenvalue weighted by atomic mass is 14.6. The molecule has 1 saturated carbocycles. The number of rotatable bonds is 0. The molecule has 10 rings (SSSR count). The summed E-state index contributed by atoms with van der Waals surface area (Å²) in [5.41, 5.74) is 17.5. The third-order valence-electron chi connectivity index (χ3n) is 12.9. The van der Waals surface area contributed by atoms with Gasteiger partial charge in [0.15, 0.2) is 5.69 Å². The zero-order chi connectivity index (χ0) is 32.7. The van der Waals surface area contributed by atoms with Crippen molar-refractivity contribution in [2.45, 2.75) is 76.0 Å². The minimum atomic E-state index is -0.223. The van der Waals surface area contributed by atoms with Gasteiger partial charge in [-0.1, -0.05) is 102 Å². The molecule has 230 valence electrons. The first kappa shape index (κ1) is 27.9. The third-order valence-corrected chi connectivity index (χ3v) is 12.9. The van der Waals surface area contributed by atoms with E-state index in [9.17, 15) is 5.26 Å². The van der Waals surface area contributed by atoms with Crippen molar-refractivity contribution < 1.29 is 0 Å². The van der Waals surface area contributed by atoms with Crippen molar-refractivity contribution in [3.8, 4) is 39.4 Å². The second-order valence-corrected chi connectivity index (χ2v) is 15.8. The summed E-state index contributed by atoms with van der Waals surface area (Å²) in [5, 5.41) is 14.7. The fourth-order valence-electron chi connectivity index (χ4n) is 10.5. The number of nitriles is 1. The standard InChI is InChI=1S/C46H36N2/c1-44(2)35-20-31-32-21-36-34(43-30-16-10-8-14-28(30)41(48-5)24-40(43)45(36,3)4)23-38(32)46(17-11-6-12-18-46)37(31)22-33(35)42-29-15-9-7-13-27(29)26(25-47)19-39(42)44/h7-10,13-16,19-24H,6,11-12,17-18H2,1-4H3. The number of hydrogen-bond acceptors (Lipinski definition) is 1. The molecule has 0 amide bonds. The van der Waals surface area contributed by atoms with E-state index in [2.05, 4.69) is 124 Å². The molecule has 0 atom stereocenters. The lowest BCUT2D eigenvalue weighted by atomic mass is 9.67. The molecule has 0 radical (unpaired) electrons. The molecule has 0 aromatic heterocycles. The van der Waals surface area contributed by atoms with Gasteiger partial charge in [0, 0.05) is 21.6 Å². The molecule has 4 aliphatic carbocycles. The maximum Gasteiger partial charge on any atom is 0.195 e. The lowest BCUT2D eigenvalue weighted by Gasteiger charge is -2.36. The lowest BCUT2D eigenvalue weighted by molar-refractivity contribution is 0.353. The van der Waals surface area contributed by atoms with Gasteiger partial charge in [0.25, 0.3) is 0 Å². The molecule has 0 bridgehead atoms. The van der Waals surface area contributed by atoms with Gasteiger partial charge in [0.1, 0.15) is 0 Å². The Labute approximate surface area is 282 Å². The van der Waals surface area contributed by atoms with Crippen LogP contribution in [-0.4, -0.2) is 0 Å². The molecule has 2 heteroatoms. The molecule has 0 unspecified atom stereocenters. The molecular weight excluding hydrogens is 581 g/mol. The van der Waals surface area contributed by atoms with Crippen LogP contribution in [0.4, 0.5) is 5.69 Å². The van der Waals surface area contributed by atoms with Gasteiger partial charge in [-0.25, -0.2) is 4.85 Å². The normalized spacial score (nSPS) is 18.0. The van der Waals surface area contributed by atoms with Gasteiger partial charge in [-0.2, -0.15) is 5.26 Å². The minimum absolute atomic E-state index is 0.0125. The maximum absolute atomic E-state index is 10.2. The van der Waals surface area contributed by atoms with Crippen molar-refractivity contribution in [1.29, 1.82) is 5.26 Å². The van der Waals surface area contributed by atoms with E-state index >= 15 is 0 Å². The smallest absolute Gasteiger partial charge is 0.195 e. The summed E-state index contributed by atoms with van der Waals surface area (Å²) in [4.78, 5) is 3.99. The molecule has 48 heavy (non-hydrogen) atoms. The first-order valence-corrected chi connectivity index (χ1v) is 17.5. The van der Waals surface area contributed by atoms with Crippen molar-refractivity contribution in [3.63, 3.8) is 0 Å². The third kappa shape index (κ3) is 3.17. The Kier molecular flexibility index (Phi) is 5.25. The number of benzene rings is 6. The van der Waals surface area contributed by atoms with Crippen molar-refractivity contribution >= 4 is 27.2 Å². The van der Waals surface area contributed by atoms with E-state index in [1.807, 2.05) is 0 Å². The highest BCUT2D eigenvalue weighted by Gasteiger charge is 2.49. The van der Waals surface area contributed by atoms with Gasteiger partial charge < -0.3 is 0 Å². The Morgan fingerprint density at radius 1 is 0.562 bits per heavy atom. The Hall–Kier alpha value is -5.18. The highest BCUT2D eigenvalue weighted by Crippen LogP contribution is 2.63. The predicted molar refractivity (Wildman–Crippen MR) is 197 cm³/mol. The van der Waals surface area contributed by atoms with Gasteiger partial charge in [-0.05, 0) is 126 Å². The molecule has 6 aromatic carbocycles. The van der Waals surface area contributed by atoms with Crippen LogP contribution < -0.4 is 0 Å². The average molecular weight is 617 g/mol. The number of hydrogen-bond donors (Lipinski definition) is 0. The van der Waals surface area contributed by atoms with E-state index < -0.39 is 0 Å². The van der Waals surface area contributed by atoms with Gasteiger partial charge in [-0.15, -0.1) is 0 Å². The number of nitrogens with zero attached hydrogens (tertiary/aromatic N) is 2. The summed E-state index contributed by atoms with van der Waals surface area (Å²) in [6.45, 7) is 17.4. The predicted octanol–water partition coefficient (Wildman–Crippen LogP) is 12.3. The Morgan fingerprint density at radius 3 is 1.58 bits per heavy atom. The molecule has 0 N–H and O–H groups in total. The molecule has 1 fully saturated rings. The second-order valence-electron chi connectivity index (χ2n) is 15.8. The Bertz CT molecular complexity index is 2390. The highest BCUT2D eigenvalue weighted by molar-refractivity contribution is 6.09. The van der Waals surface area contributed by atoms with Crippen LogP contribution in [0.2, 0.25) is 0 Å². The van der Waals surface area contributed by atoms with Gasteiger partial charge in [-0.3, -0.25) is 0 Å². The maximum atomic E-state index is 10.2. The fourth-order valence-corrected chi connectivity index (χ4v) is 10.5.